The number of ether oxygens (including phenoxy) is 1. The van der Waals surface area contributed by atoms with E-state index in [0.29, 0.717) is 26.4 Å². The van der Waals surface area contributed by atoms with Crippen molar-refractivity contribution in [3.63, 3.8) is 0 Å². The van der Waals surface area contributed by atoms with E-state index in [0.717, 1.165) is 37.2 Å². The number of aliphatic hydroxyl groups is 1. The molecule has 6 heteroatoms. The highest BCUT2D eigenvalue weighted by Crippen LogP contribution is 2.35. The smallest absolute Gasteiger partial charge is 0.253 e. The van der Waals surface area contributed by atoms with Crippen molar-refractivity contribution < 1.29 is 14.6 Å². The highest BCUT2D eigenvalue weighted by atomic mass is 16.5. The second-order valence-corrected chi connectivity index (χ2v) is 8.84. The van der Waals surface area contributed by atoms with Gasteiger partial charge in [-0.05, 0) is 56.2 Å². The second-order valence-electron chi connectivity index (χ2n) is 8.84. The minimum atomic E-state index is -0.574. The third-order valence-corrected chi connectivity index (χ3v) is 6.40. The molecule has 1 saturated heterocycles. The first kappa shape index (κ1) is 20.2. The van der Waals surface area contributed by atoms with Gasteiger partial charge in [-0.2, -0.15) is 0 Å². The highest BCUT2D eigenvalue weighted by molar-refractivity contribution is 5.94. The maximum atomic E-state index is 13.0. The summed E-state index contributed by atoms with van der Waals surface area (Å²) in [7, 11) is 0. The second kappa shape index (κ2) is 8.11. The van der Waals surface area contributed by atoms with E-state index in [1.165, 1.54) is 16.6 Å². The van der Waals surface area contributed by atoms with Crippen LogP contribution in [0.25, 0.3) is 16.6 Å². The molecule has 3 aromatic rings. The van der Waals surface area contributed by atoms with Crippen LogP contribution in [0, 0.1) is 6.92 Å². The summed E-state index contributed by atoms with van der Waals surface area (Å²) < 4.78 is 7.86. The van der Waals surface area contributed by atoms with Crippen molar-refractivity contribution in [2.75, 3.05) is 39.5 Å². The first-order valence-electron chi connectivity index (χ1n) is 11.0. The van der Waals surface area contributed by atoms with Crippen molar-refractivity contribution in [3.8, 4) is 5.69 Å². The zero-order valence-electron chi connectivity index (χ0n) is 18.0. The number of para-hydroxylation sites is 1. The minimum absolute atomic E-state index is 0.0773. The number of nitrogens with zero attached hydrogens (tertiary/aromatic N) is 3. The number of aryl methyl sites for hydroxylation is 1. The van der Waals surface area contributed by atoms with Crippen LogP contribution in [0.3, 0.4) is 0 Å². The largest absolute Gasteiger partial charge is 0.387 e. The summed E-state index contributed by atoms with van der Waals surface area (Å²) in [6.07, 6.45) is 1.68. The molecule has 1 N–H and O–H groups in total. The highest BCUT2D eigenvalue weighted by Gasteiger charge is 2.40. The Labute approximate surface area is 182 Å². The van der Waals surface area contributed by atoms with Gasteiger partial charge in [-0.25, -0.2) is 0 Å². The molecule has 0 unspecified atom stereocenters. The molecule has 1 aromatic heterocycles. The van der Waals surface area contributed by atoms with Gasteiger partial charge in [0.2, 0.25) is 0 Å². The summed E-state index contributed by atoms with van der Waals surface area (Å²) in [6.45, 7) is 5.99. The van der Waals surface area contributed by atoms with E-state index in [2.05, 4.69) is 46.7 Å². The number of fused-ring (bicyclic) bond motifs is 1. The number of hydrogen-bond donors (Lipinski definition) is 1. The summed E-state index contributed by atoms with van der Waals surface area (Å²) in [4.78, 5) is 17.1. The van der Waals surface area contributed by atoms with Gasteiger partial charge < -0.3 is 19.3 Å². The number of rotatable bonds is 6. The molecule has 2 fully saturated rings. The minimum Gasteiger partial charge on any atom is -0.387 e. The van der Waals surface area contributed by atoms with Crippen LogP contribution in [0.1, 0.15) is 28.9 Å². The van der Waals surface area contributed by atoms with Crippen molar-refractivity contribution in [3.05, 3.63) is 65.9 Å². The van der Waals surface area contributed by atoms with Gasteiger partial charge >= 0.3 is 0 Å². The van der Waals surface area contributed by atoms with Crippen LogP contribution in [-0.4, -0.2) is 70.5 Å². The summed E-state index contributed by atoms with van der Waals surface area (Å²) in [6, 6.07) is 18.4. The van der Waals surface area contributed by atoms with E-state index in [1.807, 2.05) is 29.2 Å². The van der Waals surface area contributed by atoms with Crippen molar-refractivity contribution in [2.24, 2.45) is 0 Å². The van der Waals surface area contributed by atoms with Crippen LogP contribution in [0.2, 0.25) is 0 Å². The van der Waals surface area contributed by atoms with E-state index < -0.39 is 5.60 Å². The normalized spacial score (nSPS) is 18.5. The van der Waals surface area contributed by atoms with Gasteiger partial charge in [-0.3, -0.25) is 9.69 Å². The van der Waals surface area contributed by atoms with E-state index in [4.69, 9.17) is 4.74 Å². The SMILES string of the molecule is Cc1cc2ccccc2n1-c1ccc(C(=O)N2CCN(COCC3(O)CC3)CC2)cc1. The molecule has 5 rings (SSSR count). The number of hydrogen-bond acceptors (Lipinski definition) is 4. The predicted molar refractivity (Wildman–Crippen MR) is 120 cm³/mol. The molecule has 162 valence electrons. The maximum Gasteiger partial charge on any atom is 0.253 e. The Morgan fingerprint density at radius 1 is 1.03 bits per heavy atom. The van der Waals surface area contributed by atoms with Crippen molar-refractivity contribution in [2.45, 2.75) is 25.4 Å². The molecule has 1 aliphatic carbocycles. The van der Waals surface area contributed by atoms with Gasteiger partial charge in [0.05, 0.1) is 24.5 Å². The molecule has 0 bridgehead atoms. The fourth-order valence-corrected chi connectivity index (χ4v) is 4.30. The third-order valence-electron chi connectivity index (χ3n) is 6.40. The summed E-state index contributed by atoms with van der Waals surface area (Å²) in [5.74, 6) is 0.0773. The molecule has 31 heavy (non-hydrogen) atoms. The number of amides is 1. The summed E-state index contributed by atoms with van der Waals surface area (Å²) >= 11 is 0. The molecule has 1 aliphatic heterocycles. The fraction of sp³-hybridized carbons (Fsp3) is 0.400. The molecule has 0 spiro atoms. The average Bonchev–Trinajstić information content (AvgIpc) is 3.42. The lowest BCUT2D eigenvalue weighted by Crippen LogP contribution is -2.49. The molecule has 1 amide bonds. The molecule has 6 nitrogen and oxygen atoms in total. The van der Waals surface area contributed by atoms with Gasteiger partial charge in [0.25, 0.3) is 5.91 Å². The number of benzene rings is 2. The van der Waals surface area contributed by atoms with E-state index in [9.17, 15) is 9.90 Å². The molecular weight excluding hydrogens is 390 g/mol. The van der Waals surface area contributed by atoms with Crippen LogP contribution in [-0.2, 0) is 4.74 Å². The lowest BCUT2D eigenvalue weighted by molar-refractivity contribution is -0.0388. The monoisotopic (exact) mass is 419 g/mol. The Balaban J connectivity index is 1.20. The Hall–Kier alpha value is -2.67. The van der Waals surface area contributed by atoms with Crippen LogP contribution < -0.4 is 0 Å². The molecule has 1 saturated carbocycles. The van der Waals surface area contributed by atoms with Crippen molar-refractivity contribution in [1.29, 1.82) is 0 Å². The quantitative estimate of drug-likeness (QED) is 0.667. The predicted octanol–water partition coefficient (Wildman–Crippen LogP) is 3.20. The molecular formula is C25H29N3O3. The molecule has 2 aliphatic rings. The number of carbonyl (C=O) groups is 1. The Kier molecular flexibility index (Phi) is 5.30. The van der Waals surface area contributed by atoms with Crippen LogP contribution >= 0.6 is 0 Å². The third kappa shape index (κ3) is 4.24. The van der Waals surface area contributed by atoms with Gasteiger partial charge in [0.15, 0.2) is 0 Å². The number of piperazine rings is 1. The maximum absolute atomic E-state index is 13.0. The van der Waals surface area contributed by atoms with Crippen LogP contribution in [0.4, 0.5) is 0 Å². The number of carbonyl (C=O) groups excluding carboxylic acids is 1. The Morgan fingerprint density at radius 2 is 1.74 bits per heavy atom. The fourth-order valence-electron chi connectivity index (χ4n) is 4.30. The summed E-state index contributed by atoms with van der Waals surface area (Å²) in [5, 5.41) is 11.1. The lowest BCUT2D eigenvalue weighted by Gasteiger charge is -2.34. The number of aromatic nitrogens is 1. The van der Waals surface area contributed by atoms with Crippen molar-refractivity contribution >= 4 is 16.8 Å². The Bertz CT molecular complexity index is 1080. The first-order valence-corrected chi connectivity index (χ1v) is 11.0. The van der Waals surface area contributed by atoms with Gasteiger partial charge in [0.1, 0.15) is 0 Å². The molecule has 0 atom stereocenters. The van der Waals surface area contributed by atoms with E-state index in [-0.39, 0.29) is 5.91 Å². The van der Waals surface area contributed by atoms with Crippen molar-refractivity contribution in [1.82, 2.24) is 14.4 Å². The van der Waals surface area contributed by atoms with E-state index >= 15 is 0 Å². The molecule has 2 aromatic carbocycles. The zero-order valence-corrected chi connectivity index (χ0v) is 18.0. The summed E-state index contributed by atoms with van der Waals surface area (Å²) in [5.41, 5.74) is 3.56. The standard InChI is InChI=1S/C25H29N3O3/c1-19-16-21-4-2-3-5-23(21)28(19)22-8-6-20(7-9-22)24(29)27-14-12-26(13-15-27)18-31-17-25(30)10-11-25/h2-9,16,30H,10-15,17-18H2,1H3. The Morgan fingerprint density at radius 3 is 2.45 bits per heavy atom. The van der Waals surface area contributed by atoms with Gasteiger partial charge in [0, 0.05) is 48.5 Å². The van der Waals surface area contributed by atoms with Crippen LogP contribution in [0.5, 0.6) is 0 Å². The van der Waals surface area contributed by atoms with E-state index in [1.54, 1.807) is 0 Å². The molecule has 2 heterocycles. The van der Waals surface area contributed by atoms with Gasteiger partial charge in [-0.15, -0.1) is 0 Å². The van der Waals surface area contributed by atoms with Gasteiger partial charge in [-0.1, -0.05) is 18.2 Å². The topological polar surface area (TPSA) is 57.9 Å². The zero-order chi connectivity index (χ0) is 21.4. The lowest BCUT2D eigenvalue weighted by atomic mass is 10.1. The average molecular weight is 420 g/mol. The molecule has 0 radical (unpaired) electrons. The van der Waals surface area contributed by atoms with Crippen LogP contribution in [0.15, 0.2) is 54.6 Å². The first-order chi connectivity index (χ1) is 15.0.